The number of allylic oxidation sites excluding steroid dienone is 1. The third kappa shape index (κ3) is 6.19. The van der Waals surface area contributed by atoms with Crippen LogP contribution in [0.25, 0.3) is 11.0 Å². The Morgan fingerprint density at radius 3 is 2.91 bits per heavy atom. The van der Waals surface area contributed by atoms with Gasteiger partial charge in [0.2, 0.25) is 0 Å². The van der Waals surface area contributed by atoms with Crippen LogP contribution in [0.15, 0.2) is 42.6 Å². The molecule has 0 radical (unpaired) electrons. The molecule has 0 aliphatic carbocycles. The Balaban J connectivity index is 1.60. The molecule has 0 N–H and O–H groups in total. The molecule has 0 bridgehead atoms. The number of rotatable bonds is 9. The maximum atomic E-state index is 11.1. The molecular formula is C19H24N2O2. The van der Waals surface area contributed by atoms with E-state index in [1.807, 2.05) is 25.1 Å². The van der Waals surface area contributed by atoms with Crippen molar-refractivity contribution in [1.29, 1.82) is 0 Å². The molecule has 4 heteroatoms. The molecule has 2 aromatic rings. The number of esters is 1. The zero-order valence-corrected chi connectivity index (χ0v) is 13.7. The fraction of sp³-hybridized carbons (Fsp3) is 0.421. The number of ether oxygens (including phenoxy) is 1. The lowest BCUT2D eigenvalue weighted by Gasteiger charge is -2.02. The molecule has 0 fully saturated rings. The van der Waals surface area contributed by atoms with Gasteiger partial charge in [0, 0.05) is 23.4 Å². The summed E-state index contributed by atoms with van der Waals surface area (Å²) in [6, 6.07) is 8.14. The molecule has 122 valence electrons. The molecule has 0 saturated heterocycles. The molecule has 0 unspecified atom stereocenters. The number of carbonyl (C=O) groups is 1. The Bertz CT molecular complexity index is 653. The number of nitrogens with zero attached hydrogens (tertiary/aromatic N) is 2. The Morgan fingerprint density at radius 2 is 2.04 bits per heavy atom. The number of fused-ring (bicyclic) bond motifs is 1. The fourth-order valence-electron chi connectivity index (χ4n) is 2.42. The van der Waals surface area contributed by atoms with Crippen LogP contribution in [0.5, 0.6) is 0 Å². The van der Waals surface area contributed by atoms with Crippen molar-refractivity contribution in [3.05, 3.63) is 48.3 Å². The Kier molecular flexibility index (Phi) is 7.24. The van der Waals surface area contributed by atoms with Crippen molar-refractivity contribution in [3.8, 4) is 0 Å². The van der Waals surface area contributed by atoms with Crippen LogP contribution in [0.2, 0.25) is 0 Å². The summed E-state index contributed by atoms with van der Waals surface area (Å²) in [6.07, 6.45) is 11.7. The molecule has 0 aliphatic rings. The maximum absolute atomic E-state index is 11.1. The van der Waals surface area contributed by atoms with Crippen molar-refractivity contribution in [2.24, 2.45) is 0 Å². The van der Waals surface area contributed by atoms with E-state index < -0.39 is 0 Å². The monoisotopic (exact) mass is 312 g/mol. The second-order valence-electron chi connectivity index (χ2n) is 5.46. The second-order valence-corrected chi connectivity index (χ2v) is 5.46. The molecule has 2 aromatic heterocycles. The van der Waals surface area contributed by atoms with E-state index in [4.69, 9.17) is 4.74 Å². The predicted molar refractivity (Wildman–Crippen MR) is 92.1 cm³/mol. The van der Waals surface area contributed by atoms with Gasteiger partial charge in [0.15, 0.2) is 5.65 Å². The molecule has 0 atom stereocenters. The van der Waals surface area contributed by atoms with Gasteiger partial charge in [-0.2, -0.15) is 0 Å². The van der Waals surface area contributed by atoms with Crippen LogP contribution in [0.3, 0.4) is 0 Å². The molecular weight excluding hydrogens is 288 g/mol. The van der Waals surface area contributed by atoms with Gasteiger partial charge in [-0.05, 0) is 56.9 Å². The van der Waals surface area contributed by atoms with Crippen LogP contribution in [0, 0.1) is 0 Å². The minimum absolute atomic E-state index is 0.247. The third-order valence-corrected chi connectivity index (χ3v) is 3.62. The average Bonchev–Trinajstić information content (AvgIpc) is 2.57. The molecule has 4 nitrogen and oxygen atoms in total. The van der Waals surface area contributed by atoms with Crippen molar-refractivity contribution in [2.75, 3.05) is 6.61 Å². The first-order valence-electron chi connectivity index (χ1n) is 8.33. The van der Waals surface area contributed by atoms with Gasteiger partial charge in [-0.1, -0.05) is 18.9 Å². The molecule has 0 saturated carbocycles. The minimum Gasteiger partial charge on any atom is -0.463 e. The van der Waals surface area contributed by atoms with Gasteiger partial charge in [-0.15, -0.1) is 0 Å². The lowest BCUT2D eigenvalue weighted by Crippen LogP contribution is -1.98. The summed E-state index contributed by atoms with van der Waals surface area (Å²) in [6.45, 7) is 2.24. The summed E-state index contributed by atoms with van der Waals surface area (Å²) >= 11 is 0. The van der Waals surface area contributed by atoms with Crippen molar-refractivity contribution in [1.82, 2.24) is 9.97 Å². The van der Waals surface area contributed by atoms with Gasteiger partial charge in [0.25, 0.3) is 0 Å². The van der Waals surface area contributed by atoms with E-state index >= 15 is 0 Å². The van der Waals surface area contributed by atoms with Crippen LogP contribution in [0.4, 0.5) is 0 Å². The quantitative estimate of drug-likeness (QED) is 0.395. The molecule has 2 heterocycles. The van der Waals surface area contributed by atoms with Crippen molar-refractivity contribution >= 4 is 17.0 Å². The molecule has 0 aromatic carbocycles. The number of aromatic nitrogens is 2. The van der Waals surface area contributed by atoms with Crippen LogP contribution < -0.4 is 0 Å². The van der Waals surface area contributed by atoms with Crippen LogP contribution in [0.1, 0.15) is 44.7 Å². The smallest absolute Gasteiger partial charge is 0.330 e. The van der Waals surface area contributed by atoms with E-state index in [2.05, 4.69) is 22.1 Å². The lowest BCUT2D eigenvalue weighted by atomic mass is 10.1. The number of pyridine rings is 2. The standard InChI is InChI=1S/C19H24N2O2/c1-2-23-18(22)12-8-6-4-3-5-7-11-17-14-13-16-10-9-15-20-19(16)21-17/h8-10,12-15H,2-7,11H2,1H3/b12-8+. The Hall–Kier alpha value is -2.23. The first kappa shape index (κ1) is 17.1. The predicted octanol–water partition coefficient (Wildman–Crippen LogP) is 4.24. The summed E-state index contributed by atoms with van der Waals surface area (Å²) < 4.78 is 4.83. The number of hydrogen-bond donors (Lipinski definition) is 0. The van der Waals surface area contributed by atoms with Gasteiger partial charge < -0.3 is 4.74 Å². The highest BCUT2D eigenvalue weighted by Gasteiger charge is 1.99. The normalized spacial score (nSPS) is 11.2. The maximum Gasteiger partial charge on any atom is 0.330 e. The first-order chi connectivity index (χ1) is 11.3. The summed E-state index contributed by atoms with van der Waals surface area (Å²) in [5.41, 5.74) is 1.94. The topological polar surface area (TPSA) is 52.1 Å². The molecule has 23 heavy (non-hydrogen) atoms. The fourth-order valence-corrected chi connectivity index (χ4v) is 2.42. The zero-order valence-electron chi connectivity index (χ0n) is 13.7. The molecule has 0 spiro atoms. The molecule has 0 aliphatic heterocycles. The zero-order chi connectivity index (χ0) is 16.3. The summed E-state index contributed by atoms with van der Waals surface area (Å²) in [4.78, 5) is 20.0. The van der Waals surface area contributed by atoms with Gasteiger partial charge in [-0.3, -0.25) is 0 Å². The Labute approximate surface area is 137 Å². The van der Waals surface area contributed by atoms with Gasteiger partial charge in [0.1, 0.15) is 0 Å². The molecule has 2 rings (SSSR count). The van der Waals surface area contributed by atoms with Crippen LogP contribution >= 0.6 is 0 Å². The van der Waals surface area contributed by atoms with E-state index in [0.29, 0.717) is 6.61 Å². The average molecular weight is 312 g/mol. The Morgan fingerprint density at radius 1 is 1.17 bits per heavy atom. The number of hydrogen-bond acceptors (Lipinski definition) is 4. The highest BCUT2D eigenvalue weighted by molar-refractivity contribution is 5.81. The van der Waals surface area contributed by atoms with Crippen molar-refractivity contribution in [2.45, 2.75) is 45.4 Å². The van der Waals surface area contributed by atoms with Crippen molar-refractivity contribution < 1.29 is 9.53 Å². The number of aryl methyl sites for hydroxylation is 1. The summed E-state index contributed by atoms with van der Waals surface area (Å²) in [5, 5.41) is 1.09. The largest absolute Gasteiger partial charge is 0.463 e. The number of unbranched alkanes of at least 4 members (excludes halogenated alkanes) is 4. The van der Waals surface area contributed by atoms with E-state index in [-0.39, 0.29) is 5.97 Å². The van der Waals surface area contributed by atoms with E-state index in [1.54, 1.807) is 6.20 Å². The number of carbonyl (C=O) groups excluding carboxylic acids is 1. The SMILES string of the molecule is CCOC(=O)/C=C/CCCCCCc1ccc2cccnc2n1. The first-order valence-corrected chi connectivity index (χ1v) is 8.33. The van der Waals surface area contributed by atoms with Gasteiger partial charge >= 0.3 is 5.97 Å². The van der Waals surface area contributed by atoms with E-state index in [1.165, 1.54) is 18.9 Å². The minimum atomic E-state index is -0.247. The van der Waals surface area contributed by atoms with Crippen LogP contribution in [-0.2, 0) is 16.0 Å². The van der Waals surface area contributed by atoms with Gasteiger partial charge in [-0.25, -0.2) is 14.8 Å². The highest BCUT2D eigenvalue weighted by Crippen LogP contribution is 2.12. The van der Waals surface area contributed by atoms with Gasteiger partial charge in [0.05, 0.1) is 6.61 Å². The third-order valence-electron chi connectivity index (χ3n) is 3.62. The summed E-state index contributed by atoms with van der Waals surface area (Å²) in [7, 11) is 0. The van der Waals surface area contributed by atoms with E-state index in [9.17, 15) is 4.79 Å². The second kappa shape index (κ2) is 9.72. The van der Waals surface area contributed by atoms with Crippen LogP contribution in [-0.4, -0.2) is 22.5 Å². The molecule has 0 amide bonds. The lowest BCUT2D eigenvalue weighted by molar-refractivity contribution is -0.137. The highest BCUT2D eigenvalue weighted by atomic mass is 16.5. The summed E-state index contributed by atoms with van der Waals surface area (Å²) in [5.74, 6) is -0.247. The van der Waals surface area contributed by atoms with E-state index in [0.717, 1.165) is 42.4 Å². The van der Waals surface area contributed by atoms with Crippen molar-refractivity contribution in [3.63, 3.8) is 0 Å².